The number of nitrogens with one attached hydrogen (secondary N) is 1. The fourth-order valence-electron chi connectivity index (χ4n) is 5.10. The maximum absolute atomic E-state index is 12.9. The lowest BCUT2D eigenvalue weighted by Crippen LogP contribution is -2.43. The Kier molecular flexibility index (Phi) is 5.90. The second-order valence-corrected chi connectivity index (χ2v) is 9.35. The van der Waals surface area contributed by atoms with E-state index in [2.05, 4.69) is 17.5 Å². The lowest BCUT2D eigenvalue weighted by molar-refractivity contribution is -0.137. The van der Waals surface area contributed by atoms with E-state index in [9.17, 15) is 14.7 Å². The van der Waals surface area contributed by atoms with Crippen LogP contribution in [0.15, 0.2) is 36.4 Å². The molecule has 3 N–H and O–H groups in total. The lowest BCUT2D eigenvalue weighted by atomic mass is 9.82. The summed E-state index contributed by atoms with van der Waals surface area (Å²) in [6.45, 7) is 0. The first-order valence-corrected chi connectivity index (χ1v) is 11.2. The molecular weight excluding hydrogens is 386 g/mol. The molecule has 29 heavy (non-hydrogen) atoms. The van der Waals surface area contributed by atoms with Crippen molar-refractivity contribution in [1.29, 1.82) is 0 Å². The van der Waals surface area contributed by atoms with Gasteiger partial charge in [0.25, 0.3) is 5.91 Å². The monoisotopic (exact) mass is 413 g/mol. The van der Waals surface area contributed by atoms with Gasteiger partial charge in [-0.2, -0.15) is 0 Å². The highest BCUT2D eigenvalue weighted by Gasteiger charge is 2.47. The quantitative estimate of drug-likeness (QED) is 0.422. The van der Waals surface area contributed by atoms with Crippen LogP contribution in [-0.4, -0.2) is 28.1 Å². The van der Waals surface area contributed by atoms with Crippen LogP contribution in [0.1, 0.15) is 54.6 Å². The van der Waals surface area contributed by atoms with Gasteiger partial charge in [0, 0.05) is 12.5 Å². The highest BCUT2D eigenvalue weighted by molar-refractivity contribution is 7.21. The minimum absolute atomic E-state index is 0.0430. The number of benzene rings is 1. The Morgan fingerprint density at radius 3 is 2.83 bits per heavy atom. The maximum Gasteiger partial charge on any atom is 0.303 e. The highest BCUT2D eigenvalue weighted by atomic mass is 32.1. The summed E-state index contributed by atoms with van der Waals surface area (Å²) in [6.07, 6.45) is 10.5. The predicted molar refractivity (Wildman–Crippen MR) is 114 cm³/mol. The van der Waals surface area contributed by atoms with Gasteiger partial charge in [0.05, 0.1) is 9.58 Å². The Balaban J connectivity index is 1.39. The van der Waals surface area contributed by atoms with Crippen LogP contribution in [-0.2, 0) is 4.79 Å². The minimum Gasteiger partial charge on any atom is -0.506 e. The van der Waals surface area contributed by atoms with Crippen LogP contribution in [0, 0.1) is 17.8 Å². The van der Waals surface area contributed by atoms with Crippen LogP contribution in [0.4, 0.5) is 0 Å². The van der Waals surface area contributed by atoms with E-state index in [1.54, 1.807) is 12.1 Å². The molecule has 1 heterocycles. The Hall–Kier alpha value is -2.34. The van der Waals surface area contributed by atoms with Gasteiger partial charge in [-0.25, -0.2) is 0 Å². The number of aliphatic carboxylic acids is 1. The van der Waals surface area contributed by atoms with Crippen LogP contribution >= 0.6 is 11.3 Å². The smallest absolute Gasteiger partial charge is 0.303 e. The van der Waals surface area contributed by atoms with E-state index in [0.717, 1.165) is 22.9 Å². The van der Waals surface area contributed by atoms with Gasteiger partial charge in [-0.05, 0) is 73.8 Å². The van der Waals surface area contributed by atoms with Crippen LogP contribution in [0.2, 0.25) is 0 Å². The maximum atomic E-state index is 12.9. The molecule has 2 aliphatic carbocycles. The number of unbranched alkanes of at least 4 members (excludes halogenated alkanes) is 1. The van der Waals surface area contributed by atoms with Crippen molar-refractivity contribution in [2.75, 3.05) is 0 Å². The summed E-state index contributed by atoms with van der Waals surface area (Å²) in [7, 11) is 0. The van der Waals surface area contributed by atoms with E-state index < -0.39 is 5.97 Å². The van der Waals surface area contributed by atoms with Crippen molar-refractivity contribution in [2.24, 2.45) is 17.8 Å². The molecular formula is C23H27NO4S. The molecule has 2 aliphatic rings. The van der Waals surface area contributed by atoms with Crippen molar-refractivity contribution in [2.45, 2.75) is 51.0 Å². The fourth-order valence-corrected chi connectivity index (χ4v) is 6.07. The first-order valence-electron chi connectivity index (χ1n) is 10.4. The third kappa shape index (κ3) is 4.32. The molecule has 2 fully saturated rings. The van der Waals surface area contributed by atoms with E-state index in [4.69, 9.17) is 5.11 Å². The van der Waals surface area contributed by atoms with Crippen LogP contribution < -0.4 is 5.32 Å². The molecule has 1 aromatic carbocycles. The summed E-state index contributed by atoms with van der Waals surface area (Å²) in [5.41, 5.74) is 0. The second-order valence-electron chi connectivity index (χ2n) is 8.30. The summed E-state index contributed by atoms with van der Waals surface area (Å²) in [4.78, 5) is 24.2. The first kappa shape index (κ1) is 20.0. The van der Waals surface area contributed by atoms with Gasteiger partial charge in [0.15, 0.2) is 0 Å². The van der Waals surface area contributed by atoms with Gasteiger partial charge < -0.3 is 15.5 Å². The van der Waals surface area contributed by atoms with Gasteiger partial charge in [-0.3, -0.25) is 9.59 Å². The zero-order valence-corrected chi connectivity index (χ0v) is 17.2. The number of hydrogen-bond donors (Lipinski definition) is 3. The number of carboxylic acids is 1. The zero-order chi connectivity index (χ0) is 20.4. The normalized spacial score (nSPS) is 25.8. The van der Waals surface area contributed by atoms with Crippen molar-refractivity contribution in [3.8, 4) is 5.75 Å². The molecule has 0 unspecified atom stereocenters. The Labute approximate surface area is 174 Å². The summed E-state index contributed by atoms with van der Waals surface area (Å²) in [6, 6.07) is 7.41. The molecule has 154 valence electrons. The summed E-state index contributed by atoms with van der Waals surface area (Å²) in [5.74, 6) is 1.11. The number of hydrogen-bond acceptors (Lipinski definition) is 4. The number of phenolic OH excluding ortho intramolecular Hbond substituents is 1. The average Bonchev–Trinajstić information content (AvgIpc) is 3.40. The van der Waals surface area contributed by atoms with E-state index in [1.165, 1.54) is 30.6 Å². The fraction of sp³-hybridized carbons (Fsp3) is 0.478. The topological polar surface area (TPSA) is 86.6 Å². The van der Waals surface area contributed by atoms with E-state index >= 15 is 0 Å². The molecule has 2 bridgehead atoms. The molecule has 5 nitrogen and oxygen atoms in total. The number of amides is 1. The number of carbonyl (C=O) groups excluding carboxylic acids is 1. The second kappa shape index (κ2) is 8.57. The zero-order valence-electron chi connectivity index (χ0n) is 16.3. The molecule has 0 saturated heterocycles. The molecule has 4 rings (SSSR count). The van der Waals surface area contributed by atoms with Crippen LogP contribution in [0.3, 0.4) is 0 Å². The number of rotatable bonds is 8. The number of allylic oxidation sites excluding steroid dienone is 2. The van der Waals surface area contributed by atoms with Crippen molar-refractivity contribution in [1.82, 2.24) is 5.32 Å². The molecule has 1 amide bonds. The third-order valence-electron chi connectivity index (χ3n) is 6.47. The molecule has 4 atom stereocenters. The number of aromatic hydroxyl groups is 1. The van der Waals surface area contributed by atoms with Gasteiger partial charge in [0.1, 0.15) is 5.75 Å². The van der Waals surface area contributed by atoms with Crippen molar-refractivity contribution in [3.63, 3.8) is 0 Å². The first-order chi connectivity index (χ1) is 14.0. The van der Waals surface area contributed by atoms with Crippen molar-refractivity contribution >= 4 is 33.3 Å². The molecule has 2 aromatic rings. The minimum atomic E-state index is -0.746. The Bertz CT molecular complexity index is 934. The number of thiophene rings is 1. The van der Waals surface area contributed by atoms with Gasteiger partial charge in [0.2, 0.25) is 0 Å². The molecule has 0 aliphatic heterocycles. The van der Waals surface area contributed by atoms with Crippen LogP contribution in [0.25, 0.3) is 10.1 Å². The number of phenols is 1. The standard InChI is InChI=1S/C23H27NO4S/c25-18-8-5-6-16-13-19(29-22(16)18)23(28)24-21-15-11-10-14(12-15)17(21)7-3-1-2-4-9-20(26)27/h1,3,5-6,8,13-15,17,21,25H,2,4,7,9-12H2,(H,24,28)(H,26,27)/t14-,15+,17+,21+/m1/s1. The Morgan fingerprint density at radius 2 is 2.03 bits per heavy atom. The van der Waals surface area contributed by atoms with Gasteiger partial charge in [-0.15, -0.1) is 11.3 Å². The average molecular weight is 414 g/mol. The molecule has 0 radical (unpaired) electrons. The summed E-state index contributed by atoms with van der Waals surface area (Å²) in [5, 5.41) is 22.9. The SMILES string of the molecule is O=C(O)CCCC=CC[C@H]1[C@@H]2CC[C@@H](C2)[C@@H]1NC(=O)c1cc2cccc(O)c2s1. The largest absolute Gasteiger partial charge is 0.506 e. The molecule has 1 aromatic heterocycles. The van der Waals surface area contributed by atoms with Gasteiger partial charge >= 0.3 is 5.97 Å². The lowest BCUT2D eigenvalue weighted by Gasteiger charge is -2.31. The van der Waals surface area contributed by atoms with Crippen molar-refractivity contribution in [3.05, 3.63) is 41.3 Å². The van der Waals surface area contributed by atoms with Gasteiger partial charge in [-0.1, -0.05) is 24.3 Å². The van der Waals surface area contributed by atoms with Crippen LogP contribution in [0.5, 0.6) is 5.75 Å². The van der Waals surface area contributed by atoms with E-state index in [-0.39, 0.29) is 24.1 Å². The Morgan fingerprint density at radius 1 is 1.21 bits per heavy atom. The highest BCUT2D eigenvalue weighted by Crippen LogP contribution is 2.50. The number of fused-ring (bicyclic) bond motifs is 3. The third-order valence-corrected chi connectivity index (χ3v) is 7.64. The van der Waals surface area contributed by atoms with E-state index in [1.807, 2.05) is 12.1 Å². The molecule has 0 spiro atoms. The number of carboxylic acid groups (broad SMARTS) is 1. The predicted octanol–water partition coefficient (Wildman–Crippen LogP) is 4.95. The summed E-state index contributed by atoms with van der Waals surface area (Å²) < 4.78 is 0.756. The van der Waals surface area contributed by atoms with Crippen molar-refractivity contribution < 1.29 is 19.8 Å². The molecule has 6 heteroatoms. The van der Waals surface area contributed by atoms with E-state index in [0.29, 0.717) is 29.1 Å². The summed E-state index contributed by atoms with van der Waals surface area (Å²) >= 11 is 1.34. The molecule has 2 saturated carbocycles. The number of carbonyl (C=O) groups is 2.